The molecule has 3 nitrogen and oxygen atoms in total. The van der Waals surface area contributed by atoms with Crippen LogP contribution in [0.1, 0.15) is 19.4 Å². The topological polar surface area (TPSA) is 24.0 Å². The van der Waals surface area contributed by atoms with Crippen LogP contribution in [0.4, 0.5) is 0 Å². The van der Waals surface area contributed by atoms with Gasteiger partial charge in [0.1, 0.15) is 0 Å². The van der Waals surface area contributed by atoms with Crippen molar-refractivity contribution in [3.8, 4) is 11.3 Å². The van der Waals surface area contributed by atoms with Crippen LogP contribution in [0.3, 0.4) is 0 Å². The molecule has 4 heteroatoms. The van der Waals surface area contributed by atoms with E-state index in [0.717, 1.165) is 23.4 Å². The largest absolute Gasteiger partial charge is 0.337 e. The molecule has 1 atom stereocenters. The van der Waals surface area contributed by atoms with E-state index in [9.17, 15) is 0 Å². The maximum absolute atomic E-state index is 5.42. The van der Waals surface area contributed by atoms with Crippen LogP contribution < -0.4 is 0 Å². The Morgan fingerprint density at radius 2 is 1.95 bits per heavy atom. The molecule has 0 aliphatic carbocycles. The second-order valence-corrected chi connectivity index (χ2v) is 5.54. The predicted molar refractivity (Wildman–Crippen MR) is 82.9 cm³/mol. The van der Waals surface area contributed by atoms with Gasteiger partial charge < -0.3 is 14.5 Å². The van der Waals surface area contributed by atoms with Gasteiger partial charge in [-0.15, -0.1) is 0 Å². The van der Waals surface area contributed by atoms with Gasteiger partial charge in [-0.1, -0.05) is 30.3 Å². The van der Waals surface area contributed by atoms with E-state index < -0.39 is 0 Å². The van der Waals surface area contributed by atoms with Gasteiger partial charge in [0, 0.05) is 12.2 Å². The number of hydrogen-bond donors (Lipinski definition) is 1. The van der Waals surface area contributed by atoms with Crippen LogP contribution in [0.15, 0.2) is 36.5 Å². The molecule has 0 fully saturated rings. The lowest BCUT2D eigenvalue weighted by Gasteiger charge is -2.19. The van der Waals surface area contributed by atoms with Gasteiger partial charge in [0.25, 0.3) is 0 Å². The molecule has 1 unspecified atom stereocenters. The van der Waals surface area contributed by atoms with E-state index in [-0.39, 0.29) is 0 Å². The number of H-pyrrole nitrogens is 1. The van der Waals surface area contributed by atoms with E-state index in [2.05, 4.69) is 59.7 Å². The van der Waals surface area contributed by atoms with Gasteiger partial charge in [0.15, 0.2) is 4.77 Å². The Hall–Kier alpha value is -1.39. The van der Waals surface area contributed by atoms with Gasteiger partial charge in [-0.2, -0.15) is 0 Å². The van der Waals surface area contributed by atoms with Crippen molar-refractivity contribution in [3.63, 3.8) is 0 Å². The Morgan fingerprint density at radius 1 is 1.26 bits per heavy atom. The fraction of sp³-hybridized carbons (Fsp3) is 0.400. The first-order chi connectivity index (χ1) is 9.09. The molecule has 1 heterocycles. The van der Waals surface area contributed by atoms with Gasteiger partial charge in [-0.3, -0.25) is 0 Å². The predicted octanol–water partition coefficient (Wildman–Crippen LogP) is 3.73. The summed E-state index contributed by atoms with van der Waals surface area (Å²) in [5, 5.41) is 0. The fourth-order valence-corrected chi connectivity index (χ4v) is 2.56. The van der Waals surface area contributed by atoms with Crippen molar-refractivity contribution in [2.24, 2.45) is 0 Å². The minimum absolute atomic E-state index is 0.386. The van der Waals surface area contributed by atoms with Gasteiger partial charge in [0.05, 0.1) is 5.69 Å². The summed E-state index contributed by atoms with van der Waals surface area (Å²) in [5.74, 6) is 0. The molecule has 0 saturated heterocycles. The molecule has 0 aliphatic heterocycles. The summed E-state index contributed by atoms with van der Waals surface area (Å²) in [6, 6.07) is 10.8. The number of hydrogen-bond acceptors (Lipinski definition) is 2. The van der Waals surface area contributed by atoms with Crippen LogP contribution in [0.2, 0.25) is 0 Å². The zero-order valence-electron chi connectivity index (χ0n) is 11.8. The average Bonchev–Trinajstić information content (AvgIpc) is 2.79. The molecule has 1 aromatic heterocycles. The van der Waals surface area contributed by atoms with Gasteiger partial charge in [-0.25, -0.2) is 0 Å². The van der Waals surface area contributed by atoms with Crippen molar-refractivity contribution in [1.29, 1.82) is 0 Å². The summed E-state index contributed by atoms with van der Waals surface area (Å²) in [6.07, 6.45) is 3.09. The highest BCUT2D eigenvalue weighted by Crippen LogP contribution is 2.24. The lowest BCUT2D eigenvalue weighted by molar-refractivity contribution is 0.358. The van der Waals surface area contributed by atoms with Crippen molar-refractivity contribution in [3.05, 3.63) is 41.3 Å². The fourth-order valence-electron chi connectivity index (χ4n) is 2.22. The Labute approximate surface area is 119 Å². The molecular weight excluding hydrogens is 254 g/mol. The number of aromatic nitrogens is 2. The number of nitrogens with zero attached hydrogens (tertiary/aromatic N) is 2. The number of aromatic amines is 1. The van der Waals surface area contributed by atoms with E-state index in [1.807, 2.05) is 12.3 Å². The second kappa shape index (κ2) is 6.17. The first kappa shape index (κ1) is 14.0. The first-order valence-electron chi connectivity index (χ1n) is 6.59. The molecule has 0 aliphatic rings. The van der Waals surface area contributed by atoms with Crippen LogP contribution in [0.25, 0.3) is 11.3 Å². The summed E-state index contributed by atoms with van der Waals surface area (Å²) >= 11 is 5.42. The first-order valence-corrected chi connectivity index (χ1v) is 7.00. The minimum Gasteiger partial charge on any atom is -0.337 e. The standard InChI is InChI=1S/C15H21N3S/c1-12(9-10-17(2)3)18-14(11-16-15(18)19)13-7-5-4-6-8-13/h4-8,11-12H,9-10H2,1-3H3,(H,16,19). The van der Waals surface area contributed by atoms with E-state index in [0.29, 0.717) is 6.04 Å². The van der Waals surface area contributed by atoms with Crippen LogP contribution in [-0.4, -0.2) is 35.1 Å². The van der Waals surface area contributed by atoms with Crippen molar-refractivity contribution >= 4 is 12.2 Å². The molecule has 2 aromatic rings. The second-order valence-electron chi connectivity index (χ2n) is 5.16. The molecule has 0 spiro atoms. The maximum atomic E-state index is 5.42. The lowest BCUT2D eigenvalue weighted by atomic mass is 10.1. The third-order valence-electron chi connectivity index (χ3n) is 3.32. The summed E-state index contributed by atoms with van der Waals surface area (Å²) in [6.45, 7) is 3.28. The van der Waals surface area contributed by atoms with Crippen LogP contribution >= 0.6 is 12.2 Å². The molecule has 1 aromatic carbocycles. The molecule has 0 radical (unpaired) electrons. The Balaban J connectivity index is 2.30. The molecule has 1 N–H and O–H groups in total. The normalized spacial score (nSPS) is 12.8. The number of rotatable bonds is 5. The molecule has 0 saturated carbocycles. The summed E-state index contributed by atoms with van der Waals surface area (Å²) in [5.41, 5.74) is 2.36. The average molecular weight is 275 g/mol. The SMILES string of the molecule is CC(CCN(C)C)n1c(-c2ccccc2)c[nH]c1=S. The van der Waals surface area contributed by atoms with E-state index in [1.165, 1.54) is 5.56 Å². The highest BCUT2D eigenvalue weighted by atomic mass is 32.1. The molecular formula is C15H21N3S. The summed E-state index contributed by atoms with van der Waals surface area (Å²) < 4.78 is 3.01. The highest BCUT2D eigenvalue weighted by Gasteiger charge is 2.12. The number of nitrogens with one attached hydrogen (secondary N) is 1. The quantitative estimate of drug-likeness (QED) is 0.841. The molecule has 19 heavy (non-hydrogen) atoms. The van der Waals surface area contributed by atoms with E-state index in [4.69, 9.17) is 12.2 Å². The monoisotopic (exact) mass is 275 g/mol. The smallest absolute Gasteiger partial charge is 0.177 e. The third-order valence-corrected chi connectivity index (χ3v) is 3.63. The van der Waals surface area contributed by atoms with Crippen molar-refractivity contribution in [2.75, 3.05) is 20.6 Å². The number of imidazole rings is 1. The highest BCUT2D eigenvalue weighted by molar-refractivity contribution is 7.71. The van der Waals surface area contributed by atoms with E-state index >= 15 is 0 Å². The molecule has 0 bridgehead atoms. The zero-order valence-corrected chi connectivity index (χ0v) is 12.6. The third kappa shape index (κ3) is 3.33. The van der Waals surface area contributed by atoms with Crippen LogP contribution in [0, 0.1) is 4.77 Å². The number of benzene rings is 1. The lowest BCUT2D eigenvalue weighted by Crippen LogP contribution is -2.18. The van der Waals surface area contributed by atoms with Crippen molar-refractivity contribution < 1.29 is 0 Å². The zero-order chi connectivity index (χ0) is 13.8. The molecule has 2 rings (SSSR count). The molecule has 0 amide bonds. The maximum Gasteiger partial charge on any atom is 0.177 e. The van der Waals surface area contributed by atoms with Crippen molar-refractivity contribution in [1.82, 2.24) is 14.5 Å². The van der Waals surface area contributed by atoms with Gasteiger partial charge in [-0.05, 0) is 51.8 Å². The minimum atomic E-state index is 0.386. The van der Waals surface area contributed by atoms with Gasteiger partial charge >= 0.3 is 0 Å². The van der Waals surface area contributed by atoms with E-state index in [1.54, 1.807) is 0 Å². The van der Waals surface area contributed by atoms with Crippen LogP contribution in [-0.2, 0) is 0 Å². The van der Waals surface area contributed by atoms with Gasteiger partial charge in [0.2, 0.25) is 0 Å². The van der Waals surface area contributed by atoms with Crippen LogP contribution in [0.5, 0.6) is 0 Å². The Bertz CT molecular complexity index is 569. The Morgan fingerprint density at radius 3 is 2.58 bits per heavy atom. The molecule has 102 valence electrons. The summed E-state index contributed by atoms with van der Waals surface area (Å²) in [4.78, 5) is 5.37. The summed E-state index contributed by atoms with van der Waals surface area (Å²) in [7, 11) is 4.20. The van der Waals surface area contributed by atoms with Crippen molar-refractivity contribution in [2.45, 2.75) is 19.4 Å². The Kier molecular flexibility index (Phi) is 4.56.